The summed E-state index contributed by atoms with van der Waals surface area (Å²) in [6.45, 7) is 10.5. The van der Waals surface area contributed by atoms with Crippen molar-refractivity contribution in [1.29, 1.82) is 0 Å². The first-order valence-electron chi connectivity index (χ1n) is 14.8. The third-order valence-electron chi connectivity index (χ3n) is 7.88. The molecule has 0 bridgehead atoms. The Bertz CT molecular complexity index is 1150. The van der Waals surface area contributed by atoms with Crippen molar-refractivity contribution < 1.29 is 9.18 Å². The molecule has 4 nitrogen and oxygen atoms in total. The highest BCUT2D eigenvalue weighted by atomic mass is 19.1. The second kappa shape index (κ2) is 14.4. The highest BCUT2D eigenvalue weighted by Crippen LogP contribution is 2.25. The van der Waals surface area contributed by atoms with Crippen molar-refractivity contribution in [2.45, 2.75) is 78.3 Å². The number of piperidine rings is 1. The predicted molar refractivity (Wildman–Crippen MR) is 158 cm³/mol. The maximum Gasteiger partial charge on any atom is 0.272 e. The number of hydrogen-bond donors (Lipinski definition) is 0. The van der Waals surface area contributed by atoms with Gasteiger partial charge in [0.15, 0.2) is 0 Å². The highest BCUT2D eigenvalue weighted by molar-refractivity contribution is 5.92. The minimum Gasteiger partial charge on any atom is -0.330 e. The van der Waals surface area contributed by atoms with Crippen LogP contribution < -0.4 is 0 Å². The zero-order valence-corrected chi connectivity index (χ0v) is 23.9. The van der Waals surface area contributed by atoms with Gasteiger partial charge in [-0.15, -0.1) is 0 Å². The van der Waals surface area contributed by atoms with Crippen LogP contribution in [0.1, 0.15) is 80.9 Å². The summed E-state index contributed by atoms with van der Waals surface area (Å²) >= 11 is 0. The summed E-state index contributed by atoms with van der Waals surface area (Å²) in [6, 6.07) is 19.0. The van der Waals surface area contributed by atoms with Crippen molar-refractivity contribution in [3.63, 3.8) is 0 Å². The van der Waals surface area contributed by atoms with Gasteiger partial charge in [-0.2, -0.15) is 0 Å². The summed E-state index contributed by atoms with van der Waals surface area (Å²) in [5, 5.41) is 0. The second-order valence-corrected chi connectivity index (χ2v) is 11.4. The van der Waals surface area contributed by atoms with E-state index in [9.17, 15) is 9.18 Å². The quantitative estimate of drug-likeness (QED) is 0.225. The number of aromatic nitrogens is 1. The number of unbranched alkanes of at least 4 members (excludes halogenated alkanes) is 2. The number of pyridine rings is 1. The van der Waals surface area contributed by atoms with Crippen LogP contribution in [0.5, 0.6) is 0 Å². The van der Waals surface area contributed by atoms with Gasteiger partial charge in [-0.25, -0.2) is 4.39 Å². The fraction of sp³-hybridized carbons (Fsp3) is 0.471. The number of carbonyl (C=O) groups excluding carboxylic acids is 1. The Labute approximate surface area is 234 Å². The monoisotopic (exact) mass is 529 g/mol. The molecule has 3 aromatic rings. The van der Waals surface area contributed by atoms with Crippen molar-refractivity contribution in [3.8, 4) is 11.1 Å². The fourth-order valence-electron chi connectivity index (χ4n) is 5.33. The van der Waals surface area contributed by atoms with Crippen molar-refractivity contribution >= 4 is 5.91 Å². The molecule has 1 aliphatic heterocycles. The molecule has 0 spiro atoms. The van der Waals surface area contributed by atoms with Gasteiger partial charge in [-0.05, 0) is 85.0 Å². The molecule has 1 saturated heterocycles. The van der Waals surface area contributed by atoms with E-state index in [1.54, 1.807) is 12.1 Å². The zero-order chi connectivity index (χ0) is 27.6. The first kappa shape index (κ1) is 28.9. The first-order valence-corrected chi connectivity index (χ1v) is 14.8. The van der Waals surface area contributed by atoms with E-state index < -0.39 is 0 Å². The zero-order valence-electron chi connectivity index (χ0n) is 23.9. The van der Waals surface area contributed by atoms with Crippen LogP contribution in [0.25, 0.3) is 11.1 Å². The molecule has 208 valence electrons. The highest BCUT2D eigenvalue weighted by Gasteiger charge is 2.29. The summed E-state index contributed by atoms with van der Waals surface area (Å²) in [5.41, 5.74) is 4.83. The average molecular weight is 530 g/mol. The van der Waals surface area contributed by atoms with Crippen LogP contribution in [-0.4, -0.2) is 46.4 Å². The molecule has 1 aliphatic rings. The van der Waals surface area contributed by atoms with Gasteiger partial charge < -0.3 is 9.80 Å². The van der Waals surface area contributed by atoms with E-state index in [4.69, 9.17) is 0 Å². The van der Waals surface area contributed by atoms with Crippen LogP contribution in [0.15, 0.2) is 66.9 Å². The molecule has 2 aromatic carbocycles. The molecule has 2 heterocycles. The lowest BCUT2D eigenvalue weighted by Gasteiger charge is -2.38. The van der Waals surface area contributed by atoms with Crippen molar-refractivity contribution in [3.05, 3.63) is 89.5 Å². The summed E-state index contributed by atoms with van der Waals surface area (Å²) in [7, 11) is 0. The number of benzene rings is 2. The van der Waals surface area contributed by atoms with E-state index in [-0.39, 0.29) is 17.8 Å². The number of rotatable bonds is 12. The lowest BCUT2D eigenvalue weighted by molar-refractivity contribution is 0.0540. The molecule has 4 rings (SSSR count). The number of nitrogens with zero attached hydrogens (tertiary/aromatic N) is 3. The maximum absolute atomic E-state index is 13.9. The van der Waals surface area contributed by atoms with Crippen LogP contribution in [0.3, 0.4) is 0 Å². The normalized spacial score (nSPS) is 14.6. The van der Waals surface area contributed by atoms with Gasteiger partial charge in [0.25, 0.3) is 5.91 Å². The Hall–Kier alpha value is -3.05. The molecule has 0 saturated carbocycles. The minimum atomic E-state index is -0.234. The van der Waals surface area contributed by atoms with Crippen LogP contribution >= 0.6 is 0 Å². The molecular weight excluding hydrogens is 485 g/mol. The number of likely N-dealkylation sites (tertiary alicyclic amines) is 1. The largest absolute Gasteiger partial charge is 0.330 e. The van der Waals surface area contributed by atoms with E-state index in [0.717, 1.165) is 62.0 Å². The number of amides is 1. The van der Waals surface area contributed by atoms with Gasteiger partial charge in [-0.1, -0.05) is 76.1 Å². The Morgan fingerprint density at radius 2 is 1.59 bits per heavy atom. The van der Waals surface area contributed by atoms with Gasteiger partial charge in [0, 0.05) is 31.9 Å². The summed E-state index contributed by atoms with van der Waals surface area (Å²) < 4.78 is 13.4. The SMILES string of the molecule is CCCCCc1ccc(C(=O)N(Cc2ccc(-c3ccc(F)cc3)cc2)C2CCN(CCC(C)C)CC2)nc1. The smallest absolute Gasteiger partial charge is 0.272 e. The van der Waals surface area contributed by atoms with E-state index in [1.807, 2.05) is 17.2 Å². The number of halogens is 1. The Kier molecular flexibility index (Phi) is 10.7. The third-order valence-corrected chi connectivity index (χ3v) is 7.88. The van der Waals surface area contributed by atoms with Gasteiger partial charge in [0.05, 0.1) is 0 Å². The fourth-order valence-corrected chi connectivity index (χ4v) is 5.33. The topological polar surface area (TPSA) is 36.4 Å². The van der Waals surface area contributed by atoms with E-state index in [2.05, 4.69) is 61.0 Å². The Morgan fingerprint density at radius 3 is 2.18 bits per heavy atom. The molecular formula is C34H44FN3O. The number of carbonyl (C=O) groups is 1. The summed E-state index contributed by atoms with van der Waals surface area (Å²) in [5.74, 6) is 0.482. The van der Waals surface area contributed by atoms with Crippen LogP contribution in [0.2, 0.25) is 0 Å². The maximum atomic E-state index is 13.9. The standard InChI is InChI=1S/C34H44FN3O/c1-4-5-6-7-27-10-17-33(36-24-27)34(39)38(32-19-22-37(23-20-32)21-18-26(2)3)25-28-8-11-29(12-9-28)30-13-15-31(35)16-14-30/h8-17,24,26,32H,4-7,18-23,25H2,1-3H3. The second-order valence-electron chi connectivity index (χ2n) is 11.4. The number of aryl methyl sites for hydroxylation is 1. The van der Waals surface area contributed by atoms with Gasteiger partial charge in [-0.3, -0.25) is 9.78 Å². The van der Waals surface area contributed by atoms with Gasteiger partial charge in [0.1, 0.15) is 11.5 Å². The van der Waals surface area contributed by atoms with Crippen molar-refractivity contribution in [1.82, 2.24) is 14.8 Å². The summed E-state index contributed by atoms with van der Waals surface area (Å²) in [6.07, 6.45) is 9.62. The summed E-state index contributed by atoms with van der Waals surface area (Å²) in [4.78, 5) is 23.0. The van der Waals surface area contributed by atoms with Gasteiger partial charge in [0.2, 0.25) is 0 Å². The third kappa shape index (κ3) is 8.47. The van der Waals surface area contributed by atoms with Crippen LogP contribution in [0.4, 0.5) is 4.39 Å². The molecule has 0 radical (unpaired) electrons. The minimum absolute atomic E-state index is 0.0124. The van der Waals surface area contributed by atoms with Crippen molar-refractivity contribution in [2.75, 3.05) is 19.6 Å². The molecule has 0 atom stereocenters. The van der Waals surface area contributed by atoms with Crippen LogP contribution in [0, 0.1) is 11.7 Å². The number of hydrogen-bond acceptors (Lipinski definition) is 3. The van der Waals surface area contributed by atoms with E-state index in [0.29, 0.717) is 18.2 Å². The van der Waals surface area contributed by atoms with Crippen molar-refractivity contribution in [2.24, 2.45) is 5.92 Å². The molecule has 0 aliphatic carbocycles. The Balaban J connectivity index is 1.48. The van der Waals surface area contributed by atoms with Gasteiger partial charge >= 0.3 is 0 Å². The molecule has 0 N–H and O–H groups in total. The Morgan fingerprint density at radius 1 is 0.949 bits per heavy atom. The molecule has 1 fully saturated rings. The lowest BCUT2D eigenvalue weighted by Crippen LogP contribution is -2.47. The van der Waals surface area contributed by atoms with E-state index >= 15 is 0 Å². The van der Waals surface area contributed by atoms with E-state index in [1.165, 1.54) is 37.0 Å². The molecule has 1 aromatic heterocycles. The molecule has 1 amide bonds. The lowest BCUT2D eigenvalue weighted by atomic mass is 9.99. The molecule has 5 heteroatoms. The predicted octanol–water partition coefficient (Wildman–Crippen LogP) is 7.77. The molecule has 0 unspecified atom stereocenters. The molecule has 39 heavy (non-hydrogen) atoms. The van der Waals surface area contributed by atoms with Crippen LogP contribution in [-0.2, 0) is 13.0 Å². The average Bonchev–Trinajstić information content (AvgIpc) is 2.96. The first-order chi connectivity index (χ1) is 18.9.